The molecule has 4 nitrogen and oxygen atoms in total. The molecule has 3 aromatic rings. The van der Waals surface area contributed by atoms with Crippen LogP contribution in [0.2, 0.25) is 0 Å². The van der Waals surface area contributed by atoms with E-state index in [2.05, 4.69) is 18.7 Å². The maximum absolute atomic E-state index is 12.3. The van der Waals surface area contributed by atoms with E-state index in [1.54, 1.807) is 6.07 Å². The van der Waals surface area contributed by atoms with E-state index in [-0.39, 0.29) is 5.75 Å². The lowest BCUT2D eigenvalue weighted by Gasteiger charge is -2.23. The highest BCUT2D eigenvalue weighted by Crippen LogP contribution is 2.33. The molecular weight excluding hydrogens is 350 g/mol. The topological polar surface area (TPSA) is 53.7 Å². The molecule has 0 aliphatic rings. The van der Waals surface area contributed by atoms with Crippen molar-refractivity contribution in [2.75, 3.05) is 13.1 Å². The van der Waals surface area contributed by atoms with Gasteiger partial charge in [-0.05, 0) is 49.2 Å². The first-order valence-corrected chi connectivity index (χ1v) is 10.2. The number of benzene rings is 2. The fraction of sp³-hybridized carbons (Fsp3) is 0.375. The Labute approximate surface area is 166 Å². The van der Waals surface area contributed by atoms with Gasteiger partial charge in [0.25, 0.3) is 0 Å². The van der Waals surface area contributed by atoms with Gasteiger partial charge in [-0.25, -0.2) is 4.79 Å². The van der Waals surface area contributed by atoms with Gasteiger partial charge in [-0.3, -0.25) is 4.90 Å². The highest BCUT2D eigenvalue weighted by molar-refractivity contribution is 5.95. The number of fused-ring (bicyclic) bond motifs is 1. The molecule has 0 atom stereocenters. The van der Waals surface area contributed by atoms with Crippen LogP contribution in [-0.4, -0.2) is 23.1 Å². The fourth-order valence-corrected chi connectivity index (χ4v) is 3.54. The largest absolute Gasteiger partial charge is 0.507 e. The Kier molecular flexibility index (Phi) is 6.88. The van der Waals surface area contributed by atoms with Gasteiger partial charge in [0.2, 0.25) is 0 Å². The second kappa shape index (κ2) is 9.56. The number of nitrogens with zero attached hydrogens (tertiary/aromatic N) is 1. The zero-order valence-corrected chi connectivity index (χ0v) is 16.8. The fourth-order valence-electron chi connectivity index (χ4n) is 3.54. The molecule has 2 aromatic carbocycles. The molecule has 0 radical (unpaired) electrons. The Morgan fingerprint density at radius 2 is 1.64 bits per heavy atom. The quantitative estimate of drug-likeness (QED) is 0.494. The zero-order valence-electron chi connectivity index (χ0n) is 16.8. The lowest BCUT2D eigenvalue weighted by molar-refractivity contribution is 0.253. The minimum absolute atomic E-state index is 0.179. The van der Waals surface area contributed by atoms with E-state index in [0.717, 1.165) is 55.3 Å². The van der Waals surface area contributed by atoms with Crippen LogP contribution >= 0.6 is 0 Å². The average molecular weight is 380 g/mol. The van der Waals surface area contributed by atoms with Gasteiger partial charge in [0.05, 0.1) is 5.56 Å². The maximum Gasteiger partial charge on any atom is 0.336 e. The number of phenolic OH excluding ortho intramolecular Hbond substituents is 1. The number of unbranched alkanes of at least 4 members (excludes halogenated alkanes) is 2. The van der Waals surface area contributed by atoms with Crippen molar-refractivity contribution in [3.05, 3.63) is 64.5 Å². The summed E-state index contributed by atoms with van der Waals surface area (Å²) in [6.45, 7) is 6.87. The normalized spacial score (nSPS) is 11.4. The molecule has 0 spiro atoms. The zero-order chi connectivity index (χ0) is 19.9. The van der Waals surface area contributed by atoms with E-state index in [1.165, 1.54) is 6.07 Å². The molecule has 0 bridgehead atoms. The molecule has 1 heterocycles. The highest BCUT2D eigenvalue weighted by Gasteiger charge is 2.17. The van der Waals surface area contributed by atoms with E-state index in [0.29, 0.717) is 17.7 Å². The summed E-state index contributed by atoms with van der Waals surface area (Å²) in [5.41, 5.74) is 2.59. The minimum atomic E-state index is -0.396. The van der Waals surface area contributed by atoms with Crippen molar-refractivity contribution in [3.63, 3.8) is 0 Å². The van der Waals surface area contributed by atoms with Crippen LogP contribution in [0.3, 0.4) is 0 Å². The van der Waals surface area contributed by atoms with Crippen LogP contribution in [0.15, 0.2) is 57.7 Å². The second-order valence-electron chi connectivity index (χ2n) is 7.27. The smallest absolute Gasteiger partial charge is 0.336 e. The number of aromatic hydroxyl groups is 1. The molecule has 0 saturated heterocycles. The van der Waals surface area contributed by atoms with Gasteiger partial charge >= 0.3 is 5.63 Å². The molecule has 0 aliphatic heterocycles. The summed E-state index contributed by atoms with van der Waals surface area (Å²) in [4.78, 5) is 14.7. The number of hydrogen-bond donors (Lipinski definition) is 1. The van der Waals surface area contributed by atoms with Gasteiger partial charge in [0.15, 0.2) is 0 Å². The Morgan fingerprint density at radius 3 is 2.29 bits per heavy atom. The summed E-state index contributed by atoms with van der Waals surface area (Å²) in [5, 5.41) is 11.4. The van der Waals surface area contributed by atoms with E-state index in [1.807, 2.05) is 36.4 Å². The first-order chi connectivity index (χ1) is 13.6. The number of rotatable bonds is 9. The van der Waals surface area contributed by atoms with Crippen molar-refractivity contribution >= 4 is 11.0 Å². The molecule has 0 aliphatic carbocycles. The van der Waals surface area contributed by atoms with E-state index in [4.69, 9.17) is 4.42 Å². The molecular formula is C24H29NO3. The number of hydrogen-bond acceptors (Lipinski definition) is 4. The first kappa shape index (κ1) is 20.2. The van der Waals surface area contributed by atoms with Crippen LogP contribution in [0.4, 0.5) is 0 Å². The lowest BCUT2D eigenvalue weighted by Crippen LogP contribution is -2.25. The molecule has 1 aromatic heterocycles. The van der Waals surface area contributed by atoms with Crippen molar-refractivity contribution in [2.24, 2.45) is 0 Å². The molecule has 3 rings (SSSR count). The van der Waals surface area contributed by atoms with Crippen LogP contribution in [-0.2, 0) is 6.54 Å². The van der Waals surface area contributed by atoms with E-state index < -0.39 is 5.63 Å². The molecule has 0 saturated carbocycles. The van der Waals surface area contributed by atoms with Gasteiger partial charge in [-0.15, -0.1) is 0 Å². The summed E-state index contributed by atoms with van der Waals surface area (Å²) < 4.78 is 5.60. The van der Waals surface area contributed by atoms with Crippen molar-refractivity contribution in [1.29, 1.82) is 0 Å². The van der Waals surface area contributed by atoms with Gasteiger partial charge < -0.3 is 9.52 Å². The average Bonchev–Trinajstić information content (AvgIpc) is 2.71. The minimum Gasteiger partial charge on any atom is -0.507 e. The van der Waals surface area contributed by atoms with Crippen LogP contribution in [0.1, 0.15) is 45.1 Å². The van der Waals surface area contributed by atoms with E-state index in [9.17, 15) is 9.90 Å². The standard InChI is InChI=1S/C24H29NO3/c1-3-5-14-25(15-6-4-2)17-21-22(26)13-12-19-20(16-23(27)28-24(19)21)18-10-8-7-9-11-18/h7-13,16,26H,3-6,14-15,17H2,1-2H3. The van der Waals surface area contributed by atoms with Crippen molar-refractivity contribution in [2.45, 2.75) is 46.1 Å². The van der Waals surface area contributed by atoms with Gasteiger partial charge in [0.1, 0.15) is 11.3 Å². The third kappa shape index (κ3) is 4.63. The van der Waals surface area contributed by atoms with E-state index >= 15 is 0 Å². The summed E-state index contributed by atoms with van der Waals surface area (Å²) in [7, 11) is 0. The summed E-state index contributed by atoms with van der Waals surface area (Å²) >= 11 is 0. The summed E-state index contributed by atoms with van der Waals surface area (Å²) in [6.07, 6.45) is 4.46. The third-order valence-corrected chi connectivity index (χ3v) is 5.11. The lowest BCUT2D eigenvalue weighted by atomic mass is 9.99. The molecule has 0 amide bonds. The van der Waals surface area contributed by atoms with Crippen LogP contribution in [0, 0.1) is 0 Å². The molecule has 0 unspecified atom stereocenters. The molecule has 1 N–H and O–H groups in total. The third-order valence-electron chi connectivity index (χ3n) is 5.11. The monoisotopic (exact) mass is 379 g/mol. The summed E-state index contributed by atoms with van der Waals surface area (Å²) in [6, 6.07) is 14.9. The second-order valence-corrected chi connectivity index (χ2v) is 7.27. The van der Waals surface area contributed by atoms with Crippen LogP contribution in [0.5, 0.6) is 5.75 Å². The van der Waals surface area contributed by atoms with Gasteiger partial charge in [0, 0.05) is 18.0 Å². The number of phenols is 1. The van der Waals surface area contributed by atoms with Crippen LogP contribution in [0.25, 0.3) is 22.1 Å². The molecule has 0 fully saturated rings. The Bertz CT molecular complexity index is 955. The Hall–Kier alpha value is -2.59. The predicted molar refractivity (Wildman–Crippen MR) is 115 cm³/mol. The van der Waals surface area contributed by atoms with Crippen molar-refractivity contribution < 1.29 is 9.52 Å². The molecule has 148 valence electrons. The highest BCUT2D eigenvalue weighted by atomic mass is 16.4. The summed E-state index contributed by atoms with van der Waals surface area (Å²) in [5.74, 6) is 0.179. The van der Waals surface area contributed by atoms with Crippen LogP contribution < -0.4 is 5.63 Å². The maximum atomic E-state index is 12.3. The van der Waals surface area contributed by atoms with Crippen molar-refractivity contribution in [1.82, 2.24) is 4.90 Å². The Morgan fingerprint density at radius 1 is 0.964 bits per heavy atom. The van der Waals surface area contributed by atoms with Crippen molar-refractivity contribution in [3.8, 4) is 16.9 Å². The molecule has 28 heavy (non-hydrogen) atoms. The van der Waals surface area contributed by atoms with Gasteiger partial charge in [-0.1, -0.05) is 57.0 Å². The molecule has 4 heteroatoms. The predicted octanol–water partition coefficient (Wildman–Crippen LogP) is 5.57. The first-order valence-electron chi connectivity index (χ1n) is 10.2. The van der Waals surface area contributed by atoms with Gasteiger partial charge in [-0.2, -0.15) is 0 Å². The Balaban J connectivity index is 2.08. The SMILES string of the molecule is CCCCN(CCCC)Cc1c(O)ccc2c(-c3ccccc3)cc(=O)oc12.